The third kappa shape index (κ3) is 3.45. The minimum absolute atomic E-state index is 0.107. The quantitative estimate of drug-likeness (QED) is 0.474. The summed E-state index contributed by atoms with van der Waals surface area (Å²) in [5.41, 5.74) is 4.73. The van der Waals surface area contributed by atoms with Crippen molar-refractivity contribution in [2.45, 2.75) is 0 Å². The summed E-state index contributed by atoms with van der Waals surface area (Å²) < 4.78 is 16.0. The van der Waals surface area contributed by atoms with Crippen molar-refractivity contribution in [2.24, 2.45) is 12.0 Å². The highest BCUT2D eigenvalue weighted by Gasteiger charge is 2.21. The van der Waals surface area contributed by atoms with E-state index < -0.39 is 0 Å². The van der Waals surface area contributed by atoms with Gasteiger partial charge in [0.05, 0.1) is 29.0 Å². The van der Waals surface area contributed by atoms with Crippen LogP contribution in [-0.4, -0.2) is 26.8 Å². The van der Waals surface area contributed by atoms with Crippen LogP contribution in [0, 0.1) is 5.82 Å². The van der Waals surface area contributed by atoms with Crippen LogP contribution in [-0.2, 0) is 7.05 Å². The molecule has 0 spiro atoms. The largest absolute Gasteiger partial charge is 0.318 e. The maximum absolute atomic E-state index is 14.4. The van der Waals surface area contributed by atoms with Crippen LogP contribution in [0.3, 0.4) is 0 Å². The molecule has 7 heteroatoms. The Kier molecular flexibility index (Phi) is 4.71. The number of fused-ring (bicyclic) bond motifs is 1. The summed E-state index contributed by atoms with van der Waals surface area (Å²) in [5, 5.41) is 0.440. The van der Waals surface area contributed by atoms with Gasteiger partial charge >= 0.3 is 0 Å². The summed E-state index contributed by atoms with van der Waals surface area (Å²) in [6, 6.07) is 13.5. The maximum atomic E-state index is 14.4. The third-order valence-corrected chi connectivity index (χ3v) is 5.47. The number of benzene rings is 1. The molecule has 4 heterocycles. The molecule has 5 rings (SSSR count). The number of nitrogens with zero attached hydrogens (tertiary/aromatic N) is 4. The SMILES string of the molecule is Cn1cccc(-c2cnc3ccc(C4=CCN=C4c4cc(Cl)ccc4F)nc3c2)c1=O. The zero-order valence-corrected chi connectivity index (χ0v) is 17.3. The van der Waals surface area contributed by atoms with Crippen LogP contribution in [0.1, 0.15) is 11.3 Å². The number of hydrogen-bond donors (Lipinski definition) is 0. The van der Waals surface area contributed by atoms with Gasteiger partial charge in [0, 0.05) is 46.7 Å². The molecule has 1 aliphatic heterocycles. The molecule has 31 heavy (non-hydrogen) atoms. The maximum Gasteiger partial charge on any atom is 0.258 e. The first-order chi connectivity index (χ1) is 15.0. The first-order valence-electron chi connectivity index (χ1n) is 9.65. The Morgan fingerprint density at radius 1 is 1.06 bits per heavy atom. The number of pyridine rings is 3. The molecule has 0 saturated heterocycles. The fraction of sp³-hybridized carbons (Fsp3) is 0.0833. The highest BCUT2D eigenvalue weighted by Crippen LogP contribution is 2.28. The van der Waals surface area contributed by atoms with Crippen molar-refractivity contribution < 1.29 is 4.39 Å². The fourth-order valence-electron chi connectivity index (χ4n) is 3.67. The van der Waals surface area contributed by atoms with Crippen LogP contribution in [0.25, 0.3) is 27.7 Å². The molecule has 0 fully saturated rings. The fourth-order valence-corrected chi connectivity index (χ4v) is 3.84. The average molecular weight is 431 g/mol. The van der Waals surface area contributed by atoms with Crippen molar-refractivity contribution in [3.8, 4) is 11.1 Å². The summed E-state index contributed by atoms with van der Waals surface area (Å²) in [6.45, 7) is 0.439. The number of hydrogen-bond acceptors (Lipinski definition) is 4. The zero-order chi connectivity index (χ0) is 21.5. The summed E-state index contributed by atoms with van der Waals surface area (Å²) in [5.74, 6) is -0.388. The van der Waals surface area contributed by atoms with E-state index in [1.54, 1.807) is 31.6 Å². The van der Waals surface area contributed by atoms with E-state index in [1.807, 2.05) is 30.3 Å². The topological polar surface area (TPSA) is 60.1 Å². The second-order valence-corrected chi connectivity index (χ2v) is 7.66. The van der Waals surface area contributed by atoms with Crippen LogP contribution >= 0.6 is 11.6 Å². The van der Waals surface area contributed by atoms with Gasteiger partial charge in [-0.25, -0.2) is 9.37 Å². The van der Waals surface area contributed by atoms with Gasteiger partial charge in [-0.05, 0) is 48.5 Å². The van der Waals surface area contributed by atoms with Gasteiger partial charge in [-0.3, -0.25) is 14.8 Å². The molecule has 1 aliphatic rings. The van der Waals surface area contributed by atoms with Gasteiger partial charge in [-0.1, -0.05) is 17.7 Å². The third-order valence-electron chi connectivity index (χ3n) is 5.23. The van der Waals surface area contributed by atoms with E-state index in [0.29, 0.717) is 50.7 Å². The van der Waals surface area contributed by atoms with Crippen LogP contribution in [0.2, 0.25) is 5.02 Å². The monoisotopic (exact) mass is 430 g/mol. The lowest BCUT2D eigenvalue weighted by molar-refractivity contribution is 0.625. The Balaban J connectivity index is 1.60. The van der Waals surface area contributed by atoms with Crippen LogP contribution in [0.15, 0.2) is 76.8 Å². The first kappa shape index (κ1) is 19.3. The smallest absolute Gasteiger partial charge is 0.258 e. The zero-order valence-electron chi connectivity index (χ0n) is 16.5. The molecule has 152 valence electrons. The number of aryl methyl sites for hydroxylation is 1. The van der Waals surface area contributed by atoms with Gasteiger partial charge in [0.1, 0.15) is 5.82 Å². The van der Waals surface area contributed by atoms with Crippen LogP contribution < -0.4 is 5.56 Å². The molecule has 5 nitrogen and oxygen atoms in total. The van der Waals surface area contributed by atoms with Crippen LogP contribution in [0.5, 0.6) is 0 Å². The molecule has 0 N–H and O–H groups in total. The lowest BCUT2D eigenvalue weighted by atomic mass is 9.99. The summed E-state index contributed by atoms with van der Waals surface area (Å²) in [4.78, 5) is 26.2. The second-order valence-electron chi connectivity index (χ2n) is 7.23. The van der Waals surface area contributed by atoms with E-state index in [1.165, 1.54) is 16.7 Å². The van der Waals surface area contributed by atoms with Gasteiger partial charge < -0.3 is 4.57 Å². The molecule has 0 unspecified atom stereocenters. The number of aromatic nitrogens is 3. The molecular formula is C24H16ClFN4O. The molecular weight excluding hydrogens is 415 g/mol. The Hall–Kier alpha value is -3.64. The van der Waals surface area contributed by atoms with Crippen molar-refractivity contribution in [1.82, 2.24) is 14.5 Å². The van der Waals surface area contributed by atoms with E-state index in [-0.39, 0.29) is 11.4 Å². The van der Waals surface area contributed by atoms with Crippen LogP contribution in [0.4, 0.5) is 4.39 Å². The van der Waals surface area contributed by atoms with E-state index in [9.17, 15) is 9.18 Å². The molecule has 0 saturated carbocycles. The molecule has 0 atom stereocenters. The Labute approximate surface area is 182 Å². The van der Waals surface area contributed by atoms with Gasteiger partial charge in [0.25, 0.3) is 5.56 Å². The molecule has 0 amide bonds. The van der Waals surface area contributed by atoms with Crippen molar-refractivity contribution in [1.29, 1.82) is 0 Å². The number of rotatable bonds is 3. The van der Waals surface area contributed by atoms with Gasteiger partial charge in [0.15, 0.2) is 0 Å². The normalized spacial score (nSPS) is 13.4. The average Bonchev–Trinajstić information content (AvgIpc) is 3.26. The molecule has 4 aromatic rings. The summed E-state index contributed by atoms with van der Waals surface area (Å²) in [6.07, 6.45) is 5.29. The predicted octanol–water partition coefficient (Wildman–Crippen LogP) is 4.67. The molecule has 0 radical (unpaired) electrons. The molecule has 0 aliphatic carbocycles. The van der Waals surface area contributed by atoms with Gasteiger partial charge in [0.2, 0.25) is 0 Å². The first-order valence-corrected chi connectivity index (χ1v) is 10.0. The van der Waals surface area contributed by atoms with Crippen molar-refractivity contribution in [3.63, 3.8) is 0 Å². The van der Waals surface area contributed by atoms with Crippen molar-refractivity contribution in [3.05, 3.63) is 99.5 Å². The van der Waals surface area contributed by atoms with E-state index >= 15 is 0 Å². The predicted molar refractivity (Wildman–Crippen MR) is 121 cm³/mol. The minimum atomic E-state index is -0.388. The molecule has 1 aromatic carbocycles. The van der Waals surface area contributed by atoms with Crippen molar-refractivity contribution >= 4 is 33.9 Å². The highest BCUT2D eigenvalue weighted by atomic mass is 35.5. The Morgan fingerprint density at radius 2 is 1.94 bits per heavy atom. The number of allylic oxidation sites excluding steroid dienone is 1. The second kappa shape index (κ2) is 7.56. The lowest BCUT2D eigenvalue weighted by Gasteiger charge is -2.10. The Bertz CT molecular complexity index is 1470. The van der Waals surface area contributed by atoms with Crippen molar-refractivity contribution in [2.75, 3.05) is 6.54 Å². The van der Waals surface area contributed by atoms with Gasteiger partial charge in [-0.2, -0.15) is 0 Å². The number of halogens is 2. The van der Waals surface area contributed by atoms with E-state index in [2.05, 4.69) is 9.98 Å². The van der Waals surface area contributed by atoms with E-state index in [0.717, 1.165) is 5.57 Å². The van der Waals surface area contributed by atoms with E-state index in [4.69, 9.17) is 16.6 Å². The standard InChI is InChI=1S/C24H16ClFN4O/c1-30-10-2-3-16(24(30)31)14-11-22-21(28-13-14)7-6-20(29-22)17-8-9-27-23(17)18-12-15(25)4-5-19(18)26/h2-8,10-13H,9H2,1H3. The highest BCUT2D eigenvalue weighted by molar-refractivity contribution is 6.35. The minimum Gasteiger partial charge on any atom is -0.318 e. The lowest BCUT2D eigenvalue weighted by Crippen LogP contribution is -2.17. The van der Waals surface area contributed by atoms with Gasteiger partial charge in [-0.15, -0.1) is 0 Å². The molecule has 0 bridgehead atoms. The number of aliphatic imine (C=N–C) groups is 1. The molecule has 3 aromatic heterocycles. The Morgan fingerprint density at radius 3 is 2.81 bits per heavy atom. The summed E-state index contributed by atoms with van der Waals surface area (Å²) in [7, 11) is 1.71. The summed E-state index contributed by atoms with van der Waals surface area (Å²) >= 11 is 6.07.